The van der Waals surface area contributed by atoms with Crippen molar-refractivity contribution in [3.05, 3.63) is 58.6 Å². The first-order valence-electron chi connectivity index (χ1n) is 8.00. The molecule has 1 aliphatic rings. The van der Waals surface area contributed by atoms with Crippen LogP contribution in [0.4, 0.5) is 5.69 Å². The number of ether oxygens (including phenoxy) is 1. The number of nitriles is 1. The Kier molecular flexibility index (Phi) is 5.24. The number of methoxy groups -OCH3 is 1. The molecule has 0 radical (unpaired) electrons. The lowest BCUT2D eigenvalue weighted by Gasteiger charge is -2.19. The average molecular weight is 342 g/mol. The van der Waals surface area contributed by atoms with Crippen molar-refractivity contribution in [1.82, 2.24) is 5.32 Å². The molecule has 2 aromatic carbocycles. The molecule has 0 aliphatic carbocycles. The number of nitrogens with one attached hydrogen (secondary N) is 1. The van der Waals surface area contributed by atoms with Crippen LogP contribution in [0.3, 0.4) is 0 Å². The average Bonchev–Trinajstić information content (AvgIpc) is 3.09. The first-order chi connectivity index (χ1) is 11.7. The van der Waals surface area contributed by atoms with Gasteiger partial charge in [0.2, 0.25) is 0 Å². The predicted octanol–water partition coefficient (Wildman–Crippen LogP) is 3.59. The maximum absolute atomic E-state index is 8.96. The zero-order valence-electron chi connectivity index (χ0n) is 13.6. The Balaban J connectivity index is 1.55. The highest BCUT2D eigenvalue weighted by molar-refractivity contribution is 6.32. The number of nitrogens with zero attached hydrogens (tertiary/aromatic N) is 2. The first kappa shape index (κ1) is 16.6. The molecule has 0 saturated carbocycles. The SMILES string of the molecule is COc1ccc(CNC2CCN(c3ccc(C#N)c(Cl)c3)C2)cc1. The third-order valence-corrected chi connectivity index (χ3v) is 4.69. The fraction of sp³-hybridized carbons (Fsp3) is 0.316. The second-order valence-electron chi connectivity index (χ2n) is 5.94. The predicted molar refractivity (Wildman–Crippen MR) is 96.6 cm³/mol. The van der Waals surface area contributed by atoms with Crippen LogP contribution in [0, 0.1) is 11.3 Å². The number of rotatable bonds is 5. The molecular formula is C19H20ClN3O. The van der Waals surface area contributed by atoms with Gasteiger partial charge in [-0.25, -0.2) is 0 Å². The van der Waals surface area contributed by atoms with Crippen molar-refractivity contribution in [2.24, 2.45) is 0 Å². The van der Waals surface area contributed by atoms with Crippen LogP contribution in [-0.2, 0) is 6.54 Å². The molecule has 3 rings (SSSR count). The van der Waals surface area contributed by atoms with Gasteiger partial charge in [-0.1, -0.05) is 23.7 Å². The zero-order chi connectivity index (χ0) is 16.9. The van der Waals surface area contributed by atoms with Gasteiger partial charge in [0.05, 0.1) is 17.7 Å². The summed E-state index contributed by atoms with van der Waals surface area (Å²) in [4.78, 5) is 2.30. The van der Waals surface area contributed by atoms with Crippen LogP contribution in [0.25, 0.3) is 0 Å². The van der Waals surface area contributed by atoms with E-state index in [4.69, 9.17) is 21.6 Å². The van der Waals surface area contributed by atoms with Crippen molar-refractivity contribution in [1.29, 1.82) is 5.26 Å². The molecule has 1 aliphatic heterocycles. The van der Waals surface area contributed by atoms with Gasteiger partial charge in [0.15, 0.2) is 0 Å². The highest BCUT2D eigenvalue weighted by atomic mass is 35.5. The fourth-order valence-electron chi connectivity index (χ4n) is 2.96. The number of anilines is 1. The smallest absolute Gasteiger partial charge is 0.118 e. The summed E-state index contributed by atoms with van der Waals surface area (Å²) in [5.74, 6) is 0.878. The molecule has 1 atom stereocenters. The molecule has 0 amide bonds. The summed E-state index contributed by atoms with van der Waals surface area (Å²) in [7, 11) is 1.68. The molecule has 1 fully saturated rings. The highest BCUT2D eigenvalue weighted by Crippen LogP contribution is 2.26. The standard InChI is InChI=1S/C19H20ClN3O/c1-24-18-6-2-14(3-7-18)12-22-16-8-9-23(13-16)17-5-4-15(11-21)19(20)10-17/h2-7,10,16,22H,8-9,12-13H2,1H3. The van der Waals surface area contributed by atoms with Gasteiger partial charge in [0.1, 0.15) is 11.8 Å². The molecule has 1 unspecified atom stereocenters. The third kappa shape index (κ3) is 3.81. The molecular weight excluding hydrogens is 322 g/mol. The second-order valence-corrected chi connectivity index (χ2v) is 6.34. The molecule has 5 heteroatoms. The number of benzene rings is 2. The lowest BCUT2D eigenvalue weighted by Crippen LogP contribution is -2.32. The Morgan fingerprint density at radius 2 is 2.08 bits per heavy atom. The molecule has 4 nitrogen and oxygen atoms in total. The summed E-state index contributed by atoms with van der Waals surface area (Å²) in [6.45, 7) is 2.78. The van der Waals surface area contributed by atoms with Crippen molar-refractivity contribution < 1.29 is 4.74 Å². The first-order valence-corrected chi connectivity index (χ1v) is 8.38. The van der Waals surface area contributed by atoms with E-state index in [0.717, 1.165) is 37.5 Å². The maximum atomic E-state index is 8.96. The van der Waals surface area contributed by atoms with Crippen LogP contribution in [-0.4, -0.2) is 26.2 Å². The highest BCUT2D eigenvalue weighted by Gasteiger charge is 2.22. The molecule has 1 saturated heterocycles. The molecule has 1 N–H and O–H groups in total. The van der Waals surface area contributed by atoms with E-state index in [1.165, 1.54) is 5.56 Å². The van der Waals surface area contributed by atoms with Crippen molar-refractivity contribution in [3.8, 4) is 11.8 Å². The minimum absolute atomic E-state index is 0.446. The Labute approximate surface area is 147 Å². The molecule has 0 spiro atoms. The van der Waals surface area contributed by atoms with Crippen LogP contribution < -0.4 is 15.0 Å². The van der Waals surface area contributed by atoms with Crippen molar-refractivity contribution in [2.45, 2.75) is 19.0 Å². The Morgan fingerprint density at radius 1 is 1.29 bits per heavy atom. The number of hydrogen-bond donors (Lipinski definition) is 1. The Bertz CT molecular complexity index is 739. The van der Waals surface area contributed by atoms with E-state index in [-0.39, 0.29) is 0 Å². The number of halogens is 1. The Morgan fingerprint density at radius 3 is 2.75 bits per heavy atom. The third-order valence-electron chi connectivity index (χ3n) is 4.38. The van der Waals surface area contributed by atoms with Crippen LogP contribution in [0.5, 0.6) is 5.75 Å². The minimum Gasteiger partial charge on any atom is -0.497 e. The summed E-state index contributed by atoms with van der Waals surface area (Å²) < 4.78 is 5.18. The van der Waals surface area contributed by atoms with Gasteiger partial charge in [-0.15, -0.1) is 0 Å². The minimum atomic E-state index is 0.446. The van der Waals surface area contributed by atoms with Crippen molar-refractivity contribution in [2.75, 3.05) is 25.1 Å². The van der Waals surface area contributed by atoms with Crippen molar-refractivity contribution in [3.63, 3.8) is 0 Å². The van der Waals surface area contributed by atoms with Gasteiger partial charge in [0, 0.05) is 31.4 Å². The van der Waals surface area contributed by atoms with Crippen molar-refractivity contribution >= 4 is 17.3 Å². The summed E-state index contributed by atoms with van der Waals surface area (Å²) >= 11 is 6.14. The topological polar surface area (TPSA) is 48.3 Å². The molecule has 1 heterocycles. The van der Waals surface area contributed by atoms with Gasteiger partial charge in [-0.05, 0) is 42.3 Å². The Hall–Kier alpha value is -2.22. The lowest BCUT2D eigenvalue weighted by atomic mass is 10.2. The van der Waals surface area contributed by atoms with E-state index in [9.17, 15) is 0 Å². The van der Waals surface area contributed by atoms with E-state index in [2.05, 4.69) is 28.4 Å². The summed E-state index contributed by atoms with van der Waals surface area (Å²) in [5, 5.41) is 13.1. The monoisotopic (exact) mass is 341 g/mol. The van der Waals surface area contributed by atoms with E-state index in [0.29, 0.717) is 16.6 Å². The van der Waals surface area contributed by atoms with E-state index in [1.807, 2.05) is 24.3 Å². The van der Waals surface area contributed by atoms with Gasteiger partial charge in [0.25, 0.3) is 0 Å². The van der Waals surface area contributed by atoms with Gasteiger partial charge >= 0.3 is 0 Å². The summed E-state index contributed by atoms with van der Waals surface area (Å²) in [5.41, 5.74) is 2.84. The molecule has 0 bridgehead atoms. The van der Waals surface area contributed by atoms with Crippen LogP contribution in [0.15, 0.2) is 42.5 Å². The van der Waals surface area contributed by atoms with E-state index >= 15 is 0 Å². The van der Waals surface area contributed by atoms with Crippen LogP contribution in [0.1, 0.15) is 17.5 Å². The molecule has 24 heavy (non-hydrogen) atoms. The summed E-state index contributed by atoms with van der Waals surface area (Å²) in [6.07, 6.45) is 1.09. The van der Waals surface area contributed by atoms with E-state index in [1.54, 1.807) is 13.2 Å². The largest absolute Gasteiger partial charge is 0.497 e. The normalized spacial score (nSPS) is 16.9. The van der Waals surface area contributed by atoms with Gasteiger partial charge in [-0.2, -0.15) is 5.26 Å². The van der Waals surface area contributed by atoms with Crippen LogP contribution >= 0.6 is 11.6 Å². The van der Waals surface area contributed by atoms with E-state index < -0.39 is 0 Å². The zero-order valence-corrected chi connectivity index (χ0v) is 14.4. The number of hydrogen-bond acceptors (Lipinski definition) is 4. The van der Waals surface area contributed by atoms with Gasteiger partial charge < -0.3 is 15.0 Å². The van der Waals surface area contributed by atoms with Gasteiger partial charge in [-0.3, -0.25) is 0 Å². The lowest BCUT2D eigenvalue weighted by molar-refractivity contribution is 0.414. The fourth-order valence-corrected chi connectivity index (χ4v) is 3.18. The quantitative estimate of drug-likeness (QED) is 0.903. The molecule has 0 aromatic heterocycles. The molecule has 2 aromatic rings. The molecule has 124 valence electrons. The summed E-state index contributed by atoms with van der Waals surface area (Å²) in [6, 6.07) is 16.3. The maximum Gasteiger partial charge on any atom is 0.118 e. The van der Waals surface area contributed by atoms with Crippen LogP contribution in [0.2, 0.25) is 5.02 Å². The second kappa shape index (κ2) is 7.57.